The van der Waals surface area contributed by atoms with Crippen LogP contribution in [0.3, 0.4) is 0 Å². The fourth-order valence-corrected chi connectivity index (χ4v) is 3.26. The molecular weight excluding hydrogens is 330 g/mol. The molecule has 1 N–H and O–H groups in total. The minimum Gasteiger partial charge on any atom is -0.508 e. The van der Waals surface area contributed by atoms with Gasteiger partial charge < -0.3 is 5.11 Å². The van der Waals surface area contributed by atoms with Gasteiger partial charge in [-0.15, -0.1) is 0 Å². The highest BCUT2D eigenvalue weighted by Gasteiger charge is 2.11. The lowest BCUT2D eigenvalue weighted by atomic mass is 10.0. The Labute approximate surface area is 160 Å². The average molecular weight is 352 g/mol. The van der Waals surface area contributed by atoms with Crippen LogP contribution in [0, 0.1) is 0 Å². The van der Waals surface area contributed by atoms with Crippen LogP contribution in [0.25, 0.3) is 22.3 Å². The van der Waals surface area contributed by atoms with E-state index in [0.29, 0.717) is 5.75 Å². The summed E-state index contributed by atoms with van der Waals surface area (Å²) < 4.78 is 2.26. The first kappa shape index (κ1) is 17.0. The molecule has 1 heterocycles. The number of aromatic nitrogens is 1. The zero-order valence-electron chi connectivity index (χ0n) is 15.1. The maximum Gasteiger partial charge on any atom is 0.176 e. The second kappa shape index (κ2) is 7.88. The Morgan fingerprint density at radius 1 is 0.593 bits per heavy atom. The summed E-state index contributed by atoms with van der Waals surface area (Å²) in [4.78, 5) is 0. The van der Waals surface area contributed by atoms with E-state index in [-0.39, 0.29) is 0 Å². The summed E-state index contributed by atoms with van der Waals surface area (Å²) in [5.41, 5.74) is 6.07. The molecule has 0 atom stereocenters. The first-order valence-electron chi connectivity index (χ1n) is 9.21. The van der Waals surface area contributed by atoms with Gasteiger partial charge in [-0.3, -0.25) is 0 Å². The van der Waals surface area contributed by atoms with Crippen molar-refractivity contribution in [2.24, 2.45) is 0 Å². The lowest BCUT2D eigenvalue weighted by molar-refractivity contribution is -0.695. The second-order valence-corrected chi connectivity index (χ2v) is 6.70. The van der Waals surface area contributed by atoms with Crippen LogP contribution in [-0.2, 0) is 13.0 Å². The van der Waals surface area contributed by atoms with Gasteiger partial charge in [0.15, 0.2) is 18.9 Å². The van der Waals surface area contributed by atoms with Crippen molar-refractivity contribution in [2.75, 3.05) is 0 Å². The molecule has 132 valence electrons. The van der Waals surface area contributed by atoms with Crippen LogP contribution >= 0.6 is 0 Å². The van der Waals surface area contributed by atoms with Crippen molar-refractivity contribution in [2.45, 2.75) is 13.0 Å². The molecular formula is C25H22NO+. The molecule has 0 bridgehead atoms. The number of rotatable bonds is 5. The zero-order chi connectivity index (χ0) is 18.5. The van der Waals surface area contributed by atoms with Crippen LogP contribution in [-0.4, -0.2) is 5.11 Å². The highest BCUT2D eigenvalue weighted by molar-refractivity contribution is 5.70. The van der Waals surface area contributed by atoms with Gasteiger partial charge in [-0.25, -0.2) is 4.57 Å². The van der Waals surface area contributed by atoms with E-state index in [1.807, 2.05) is 24.3 Å². The van der Waals surface area contributed by atoms with Gasteiger partial charge in [0.05, 0.1) is 0 Å². The van der Waals surface area contributed by atoms with Crippen LogP contribution in [0.1, 0.15) is 5.56 Å². The Morgan fingerprint density at radius 3 is 1.63 bits per heavy atom. The molecule has 4 rings (SSSR count). The molecule has 3 aromatic carbocycles. The molecule has 0 aliphatic carbocycles. The average Bonchev–Trinajstić information content (AvgIpc) is 2.74. The van der Waals surface area contributed by atoms with E-state index < -0.39 is 0 Å². The van der Waals surface area contributed by atoms with E-state index in [2.05, 4.69) is 71.6 Å². The van der Waals surface area contributed by atoms with Gasteiger partial charge in [0.25, 0.3) is 0 Å². The van der Waals surface area contributed by atoms with Crippen LogP contribution in [0.15, 0.2) is 103 Å². The molecule has 0 aliphatic rings. The van der Waals surface area contributed by atoms with Crippen molar-refractivity contribution in [1.82, 2.24) is 0 Å². The van der Waals surface area contributed by atoms with Gasteiger partial charge in [-0.1, -0.05) is 72.8 Å². The lowest BCUT2D eigenvalue weighted by Crippen LogP contribution is -2.34. The Morgan fingerprint density at radius 2 is 1.11 bits per heavy atom. The topological polar surface area (TPSA) is 24.1 Å². The summed E-state index contributed by atoms with van der Waals surface area (Å²) in [6, 6.07) is 30.7. The van der Waals surface area contributed by atoms with Gasteiger partial charge in [-0.2, -0.15) is 0 Å². The summed E-state index contributed by atoms with van der Waals surface area (Å²) in [6.07, 6.45) is 5.34. The molecule has 0 amide bonds. The number of benzene rings is 3. The normalized spacial score (nSPS) is 10.7. The fraction of sp³-hybridized carbons (Fsp3) is 0.0800. The van der Waals surface area contributed by atoms with Gasteiger partial charge in [0.1, 0.15) is 5.75 Å². The minimum absolute atomic E-state index is 0.309. The zero-order valence-corrected chi connectivity index (χ0v) is 15.1. The Balaban J connectivity index is 1.68. The smallest absolute Gasteiger partial charge is 0.176 e. The van der Waals surface area contributed by atoms with Crippen LogP contribution < -0.4 is 4.57 Å². The maximum absolute atomic E-state index is 9.46. The highest BCUT2D eigenvalue weighted by atomic mass is 16.3. The Bertz CT molecular complexity index is 951. The number of phenolic OH excluding ortho intramolecular Hbond substituents is 1. The molecule has 1 aromatic heterocycles. The highest BCUT2D eigenvalue weighted by Crippen LogP contribution is 2.24. The van der Waals surface area contributed by atoms with Gasteiger partial charge >= 0.3 is 0 Å². The number of aryl methyl sites for hydroxylation is 2. The summed E-state index contributed by atoms with van der Waals surface area (Å²) in [7, 11) is 0. The fourth-order valence-electron chi connectivity index (χ4n) is 3.26. The van der Waals surface area contributed by atoms with Crippen molar-refractivity contribution >= 4 is 0 Å². The summed E-state index contributed by atoms with van der Waals surface area (Å²) >= 11 is 0. The third kappa shape index (κ3) is 4.24. The van der Waals surface area contributed by atoms with E-state index in [9.17, 15) is 5.11 Å². The predicted octanol–water partition coefficient (Wildman–Crippen LogP) is 5.26. The number of aromatic hydroxyl groups is 1. The Hall–Kier alpha value is -3.39. The predicted molar refractivity (Wildman–Crippen MR) is 109 cm³/mol. The third-order valence-corrected chi connectivity index (χ3v) is 4.73. The quantitative estimate of drug-likeness (QED) is 0.487. The van der Waals surface area contributed by atoms with Crippen molar-refractivity contribution in [3.05, 3.63) is 109 Å². The SMILES string of the molecule is Oc1ccc(CC[n+]2cc(-c3ccccc3)cc(-c3ccccc3)c2)cc1. The minimum atomic E-state index is 0.309. The molecule has 0 unspecified atom stereocenters. The van der Waals surface area contributed by atoms with Crippen molar-refractivity contribution in [3.8, 4) is 28.0 Å². The standard InChI is InChI=1S/C25H21NO/c27-25-13-11-20(12-14-25)15-16-26-18-23(21-7-3-1-4-8-21)17-24(19-26)22-9-5-2-6-10-22/h1-14,17-19H,15-16H2/p+1. The number of hydrogen-bond acceptors (Lipinski definition) is 1. The molecule has 2 nitrogen and oxygen atoms in total. The lowest BCUT2D eigenvalue weighted by Gasteiger charge is -2.07. The van der Waals surface area contributed by atoms with E-state index in [4.69, 9.17) is 0 Å². The summed E-state index contributed by atoms with van der Waals surface area (Å²) in [5.74, 6) is 0.309. The number of phenols is 1. The first-order chi connectivity index (χ1) is 13.3. The number of pyridine rings is 1. The van der Waals surface area contributed by atoms with E-state index in [1.165, 1.54) is 27.8 Å². The number of nitrogens with zero attached hydrogens (tertiary/aromatic N) is 1. The van der Waals surface area contributed by atoms with Gasteiger partial charge in [0, 0.05) is 17.5 Å². The molecule has 0 radical (unpaired) electrons. The molecule has 2 heteroatoms. The number of hydrogen-bond donors (Lipinski definition) is 1. The second-order valence-electron chi connectivity index (χ2n) is 6.70. The Kier molecular flexibility index (Phi) is 4.97. The summed E-state index contributed by atoms with van der Waals surface area (Å²) in [6.45, 7) is 0.880. The van der Waals surface area contributed by atoms with Gasteiger partial charge in [0.2, 0.25) is 0 Å². The van der Waals surface area contributed by atoms with Crippen molar-refractivity contribution in [3.63, 3.8) is 0 Å². The molecule has 0 fully saturated rings. The van der Waals surface area contributed by atoms with Crippen LogP contribution in [0.4, 0.5) is 0 Å². The van der Waals surface area contributed by atoms with Crippen LogP contribution in [0.5, 0.6) is 5.75 Å². The van der Waals surface area contributed by atoms with E-state index >= 15 is 0 Å². The van der Waals surface area contributed by atoms with Crippen molar-refractivity contribution < 1.29 is 9.67 Å². The molecule has 0 spiro atoms. The van der Waals surface area contributed by atoms with Crippen molar-refractivity contribution in [1.29, 1.82) is 0 Å². The maximum atomic E-state index is 9.46. The van der Waals surface area contributed by atoms with Crippen LogP contribution in [0.2, 0.25) is 0 Å². The van der Waals surface area contributed by atoms with E-state index in [0.717, 1.165) is 13.0 Å². The van der Waals surface area contributed by atoms with Gasteiger partial charge in [-0.05, 0) is 34.9 Å². The van der Waals surface area contributed by atoms with E-state index in [1.54, 1.807) is 12.1 Å². The molecule has 27 heavy (non-hydrogen) atoms. The molecule has 4 aromatic rings. The monoisotopic (exact) mass is 352 g/mol. The molecule has 0 saturated carbocycles. The largest absolute Gasteiger partial charge is 0.508 e. The molecule has 0 aliphatic heterocycles. The molecule has 0 saturated heterocycles. The summed E-state index contributed by atoms with van der Waals surface area (Å²) in [5, 5.41) is 9.46. The first-order valence-corrected chi connectivity index (χ1v) is 9.21. The third-order valence-electron chi connectivity index (χ3n) is 4.73.